The highest BCUT2D eigenvalue weighted by Crippen LogP contribution is 2.28. The molecule has 0 unspecified atom stereocenters. The van der Waals surface area contributed by atoms with Gasteiger partial charge in [-0.05, 0) is 48.0 Å². The SMILES string of the molecule is C=CCOc1ccc(/C=C/C(=O)Nc2ccc(OCC#N)cc2)cc1OC. The molecular weight excluding hydrogens is 344 g/mol. The number of nitrogens with one attached hydrogen (secondary N) is 1. The minimum Gasteiger partial charge on any atom is -0.493 e. The topological polar surface area (TPSA) is 80.6 Å². The average Bonchev–Trinajstić information content (AvgIpc) is 2.70. The van der Waals surface area contributed by atoms with Crippen LogP contribution in [0.1, 0.15) is 5.56 Å². The van der Waals surface area contributed by atoms with E-state index in [0.29, 0.717) is 29.5 Å². The molecule has 6 heteroatoms. The van der Waals surface area contributed by atoms with Crippen LogP contribution in [0.4, 0.5) is 5.69 Å². The van der Waals surface area contributed by atoms with E-state index in [-0.39, 0.29) is 12.5 Å². The molecule has 1 amide bonds. The van der Waals surface area contributed by atoms with Crippen molar-refractivity contribution >= 4 is 17.7 Å². The Bertz CT molecular complexity index is 851. The molecule has 0 aliphatic carbocycles. The van der Waals surface area contributed by atoms with Crippen molar-refractivity contribution < 1.29 is 19.0 Å². The summed E-state index contributed by atoms with van der Waals surface area (Å²) < 4.78 is 16.0. The van der Waals surface area contributed by atoms with Crippen molar-refractivity contribution in [3.8, 4) is 23.3 Å². The number of carbonyl (C=O) groups is 1. The molecule has 2 aromatic rings. The highest BCUT2D eigenvalue weighted by Gasteiger charge is 2.05. The van der Waals surface area contributed by atoms with Gasteiger partial charge < -0.3 is 19.5 Å². The van der Waals surface area contributed by atoms with Crippen LogP contribution in [0.5, 0.6) is 17.2 Å². The molecule has 0 atom stereocenters. The van der Waals surface area contributed by atoms with Gasteiger partial charge in [0.2, 0.25) is 5.91 Å². The zero-order valence-corrected chi connectivity index (χ0v) is 15.0. The maximum Gasteiger partial charge on any atom is 0.248 e. The van der Waals surface area contributed by atoms with E-state index in [2.05, 4.69) is 11.9 Å². The molecule has 6 nitrogen and oxygen atoms in total. The van der Waals surface area contributed by atoms with Crippen molar-refractivity contribution in [1.82, 2.24) is 0 Å². The summed E-state index contributed by atoms with van der Waals surface area (Å²) >= 11 is 0. The zero-order chi connectivity index (χ0) is 19.5. The van der Waals surface area contributed by atoms with Gasteiger partial charge in [0.1, 0.15) is 18.4 Å². The molecule has 0 bridgehead atoms. The summed E-state index contributed by atoms with van der Waals surface area (Å²) in [5, 5.41) is 11.2. The summed E-state index contributed by atoms with van der Waals surface area (Å²) in [5.74, 6) is 1.48. The van der Waals surface area contributed by atoms with E-state index in [1.165, 1.54) is 6.08 Å². The molecule has 0 fully saturated rings. The third-order valence-electron chi connectivity index (χ3n) is 3.40. The van der Waals surface area contributed by atoms with Crippen molar-refractivity contribution in [1.29, 1.82) is 5.26 Å². The van der Waals surface area contributed by atoms with Crippen LogP contribution < -0.4 is 19.5 Å². The summed E-state index contributed by atoms with van der Waals surface area (Å²) in [6.07, 6.45) is 4.76. The number of carbonyl (C=O) groups excluding carboxylic acids is 1. The third kappa shape index (κ3) is 6.25. The Labute approximate surface area is 158 Å². The van der Waals surface area contributed by atoms with Crippen LogP contribution in [-0.4, -0.2) is 26.2 Å². The van der Waals surface area contributed by atoms with Gasteiger partial charge in [-0.25, -0.2) is 0 Å². The quantitative estimate of drug-likeness (QED) is 0.540. The lowest BCUT2D eigenvalue weighted by Gasteiger charge is -2.09. The molecule has 138 valence electrons. The van der Waals surface area contributed by atoms with Gasteiger partial charge in [-0.15, -0.1) is 0 Å². The lowest BCUT2D eigenvalue weighted by molar-refractivity contribution is -0.111. The number of ether oxygens (including phenoxy) is 3. The van der Waals surface area contributed by atoms with Crippen molar-refractivity contribution in [2.24, 2.45) is 0 Å². The third-order valence-corrected chi connectivity index (χ3v) is 3.40. The van der Waals surface area contributed by atoms with E-state index in [1.807, 2.05) is 12.1 Å². The largest absolute Gasteiger partial charge is 0.493 e. The highest BCUT2D eigenvalue weighted by atomic mass is 16.5. The normalized spacial score (nSPS) is 10.1. The predicted molar refractivity (Wildman–Crippen MR) is 104 cm³/mol. The van der Waals surface area contributed by atoms with E-state index >= 15 is 0 Å². The summed E-state index contributed by atoms with van der Waals surface area (Å²) in [4.78, 5) is 12.1. The summed E-state index contributed by atoms with van der Waals surface area (Å²) in [5.41, 5.74) is 1.42. The van der Waals surface area contributed by atoms with Gasteiger partial charge in [0.15, 0.2) is 18.1 Å². The first kappa shape index (κ1) is 19.6. The number of amides is 1. The van der Waals surface area contributed by atoms with Gasteiger partial charge >= 0.3 is 0 Å². The molecular formula is C21H20N2O4. The molecule has 0 radical (unpaired) electrons. The van der Waals surface area contributed by atoms with Gasteiger partial charge in [-0.1, -0.05) is 18.7 Å². The van der Waals surface area contributed by atoms with Gasteiger partial charge in [0, 0.05) is 11.8 Å². The van der Waals surface area contributed by atoms with E-state index < -0.39 is 0 Å². The summed E-state index contributed by atoms with van der Waals surface area (Å²) in [6, 6.07) is 14.1. The Morgan fingerprint density at radius 3 is 2.63 bits per heavy atom. The van der Waals surface area contributed by atoms with E-state index in [4.69, 9.17) is 19.5 Å². The van der Waals surface area contributed by atoms with Crippen LogP contribution >= 0.6 is 0 Å². The first-order chi connectivity index (χ1) is 13.2. The summed E-state index contributed by atoms with van der Waals surface area (Å²) in [6.45, 7) is 3.97. The van der Waals surface area contributed by atoms with Crippen molar-refractivity contribution in [3.63, 3.8) is 0 Å². The lowest BCUT2D eigenvalue weighted by atomic mass is 10.2. The van der Waals surface area contributed by atoms with Gasteiger partial charge in [-0.3, -0.25) is 4.79 Å². The molecule has 0 aromatic heterocycles. The molecule has 2 rings (SSSR count). The van der Waals surface area contributed by atoms with Gasteiger partial charge in [0.25, 0.3) is 0 Å². The van der Waals surface area contributed by atoms with Crippen LogP contribution in [0.3, 0.4) is 0 Å². The van der Waals surface area contributed by atoms with Crippen LogP contribution in [0.15, 0.2) is 61.2 Å². The number of methoxy groups -OCH3 is 1. The smallest absolute Gasteiger partial charge is 0.248 e. The minimum absolute atomic E-state index is 0.0185. The zero-order valence-electron chi connectivity index (χ0n) is 15.0. The number of anilines is 1. The fraction of sp³-hybridized carbons (Fsp3) is 0.143. The lowest BCUT2D eigenvalue weighted by Crippen LogP contribution is -2.07. The van der Waals surface area contributed by atoms with Crippen LogP contribution in [0, 0.1) is 11.3 Å². The highest BCUT2D eigenvalue weighted by molar-refractivity contribution is 6.01. The van der Waals surface area contributed by atoms with Crippen LogP contribution in [0.2, 0.25) is 0 Å². The molecule has 0 aliphatic rings. The van der Waals surface area contributed by atoms with Crippen molar-refractivity contribution in [3.05, 3.63) is 66.8 Å². The molecule has 0 aliphatic heterocycles. The molecule has 1 N–H and O–H groups in total. The number of hydrogen-bond donors (Lipinski definition) is 1. The number of nitriles is 1. The molecule has 0 spiro atoms. The maximum atomic E-state index is 12.1. The number of benzene rings is 2. The molecule has 27 heavy (non-hydrogen) atoms. The van der Waals surface area contributed by atoms with E-state index in [9.17, 15) is 4.79 Å². The predicted octanol–water partition coefficient (Wildman–Crippen LogP) is 3.81. The molecule has 0 saturated heterocycles. The van der Waals surface area contributed by atoms with E-state index in [1.54, 1.807) is 55.7 Å². The average molecular weight is 364 g/mol. The number of hydrogen-bond acceptors (Lipinski definition) is 5. The van der Waals surface area contributed by atoms with Crippen molar-refractivity contribution in [2.45, 2.75) is 0 Å². The Kier molecular flexibility index (Phi) is 7.49. The van der Waals surface area contributed by atoms with Crippen LogP contribution in [-0.2, 0) is 4.79 Å². The van der Waals surface area contributed by atoms with Gasteiger partial charge in [0.05, 0.1) is 7.11 Å². The second kappa shape index (κ2) is 10.3. The van der Waals surface area contributed by atoms with Crippen LogP contribution in [0.25, 0.3) is 6.08 Å². The minimum atomic E-state index is -0.272. The Balaban J connectivity index is 1.97. The Hall–Kier alpha value is -3.72. The number of nitrogens with zero attached hydrogens (tertiary/aromatic N) is 1. The summed E-state index contributed by atoms with van der Waals surface area (Å²) in [7, 11) is 1.56. The monoisotopic (exact) mass is 364 g/mol. The Morgan fingerprint density at radius 1 is 1.19 bits per heavy atom. The fourth-order valence-corrected chi connectivity index (χ4v) is 2.16. The van der Waals surface area contributed by atoms with E-state index in [0.717, 1.165) is 5.56 Å². The molecule has 2 aromatic carbocycles. The van der Waals surface area contributed by atoms with Crippen molar-refractivity contribution in [2.75, 3.05) is 25.6 Å². The fourth-order valence-electron chi connectivity index (χ4n) is 2.16. The second-order valence-electron chi connectivity index (χ2n) is 5.30. The second-order valence-corrected chi connectivity index (χ2v) is 5.30. The molecule has 0 heterocycles. The first-order valence-corrected chi connectivity index (χ1v) is 8.17. The maximum absolute atomic E-state index is 12.1. The number of rotatable bonds is 9. The first-order valence-electron chi connectivity index (χ1n) is 8.17. The standard InChI is InChI=1S/C21H20N2O4/c1-3-13-27-19-10-4-16(15-20(19)25-2)5-11-21(24)23-17-6-8-18(9-7-17)26-14-12-22/h3-11,15H,1,13-14H2,2H3,(H,23,24)/b11-5+. The Morgan fingerprint density at radius 2 is 1.96 bits per heavy atom. The molecule has 0 saturated carbocycles. The van der Waals surface area contributed by atoms with Gasteiger partial charge in [-0.2, -0.15) is 5.26 Å².